The van der Waals surface area contributed by atoms with Gasteiger partial charge in [-0.2, -0.15) is 0 Å². The summed E-state index contributed by atoms with van der Waals surface area (Å²) in [7, 11) is 1.99. The lowest BCUT2D eigenvalue weighted by Crippen LogP contribution is -2.46. The van der Waals surface area contributed by atoms with Gasteiger partial charge < -0.3 is 15.2 Å². The molecule has 0 spiro atoms. The Bertz CT molecular complexity index is 743. The number of nitrogens with one attached hydrogen (secondary N) is 2. The van der Waals surface area contributed by atoms with Crippen molar-refractivity contribution in [3.05, 3.63) is 34.0 Å². The summed E-state index contributed by atoms with van der Waals surface area (Å²) in [6.45, 7) is 6.58. The zero-order valence-corrected chi connectivity index (χ0v) is 18.3. The van der Waals surface area contributed by atoms with E-state index in [1.807, 2.05) is 29.9 Å². The molecule has 0 radical (unpaired) electrons. The van der Waals surface area contributed by atoms with E-state index in [1.165, 1.54) is 43.4 Å². The quantitative estimate of drug-likeness (QED) is 0.399. The Labute approximate surface area is 172 Å². The van der Waals surface area contributed by atoms with Crippen molar-refractivity contribution < 1.29 is 0 Å². The van der Waals surface area contributed by atoms with Crippen LogP contribution in [0.2, 0.25) is 0 Å². The molecule has 28 heavy (non-hydrogen) atoms. The summed E-state index contributed by atoms with van der Waals surface area (Å²) in [6.07, 6.45) is 8.80. The van der Waals surface area contributed by atoms with E-state index in [4.69, 9.17) is 4.99 Å². The third-order valence-corrected chi connectivity index (χ3v) is 6.95. The Hall–Kier alpha value is -1.89. The smallest absolute Gasteiger partial charge is 0.191 e. The number of hydrogen-bond acceptors (Lipinski definition) is 4. The first-order valence-corrected chi connectivity index (χ1v) is 11.4. The number of nitrogens with zero attached hydrogens (tertiary/aromatic N) is 4. The molecule has 2 aromatic rings. The predicted molar refractivity (Wildman–Crippen MR) is 117 cm³/mol. The summed E-state index contributed by atoms with van der Waals surface area (Å²) in [6, 6.07) is 4.49. The van der Waals surface area contributed by atoms with Crippen molar-refractivity contribution in [3.63, 3.8) is 0 Å². The molecule has 0 unspecified atom stereocenters. The Morgan fingerprint density at radius 3 is 2.71 bits per heavy atom. The first-order chi connectivity index (χ1) is 13.6. The lowest BCUT2D eigenvalue weighted by molar-refractivity contribution is 0.296. The average Bonchev–Trinajstić information content (AvgIpc) is 3.36. The minimum Gasteiger partial charge on any atom is -0.356 e. The molecule has 1 aliphatic rings. The van der Waals surface area contributed by atoms with Crippen molar-refractivity contribution in [3.8, 4) is 0 Å². The normalized spacial score (nSPS) is 16.9. The topological polar surface area (TPSA) is 67.1 Å². The van der Waals surface area contributed by atoms with Crippen LogP contribution in [0.5, 0.6) is 0 Å². The Morgan fingerprint density at radius 2 is 2.07 bits per heavy atom. The fraction of sp³-hybridized carbons (Fsp3) is 0.667. The first-order valence-electron chi connectivity index (χ1n) is 10.6. The van der Waals surface area contributed by atoms with Crippen LogP contribution in [0.1, 0.15) is 68.4 Å². The molecule has 3 rings (SSSR count). The highest BCUT2D eigenvalue weighted by atomic mass is 32.1. The van der Waals surface area contributed by atoms with Gasteiger partial charge in [0, 0.05) is 30.4 Å². The van der Waals surface area contributed by atoms with E-state index in [0.29, 0.717) is 6.54 Å². The molecule has 1 saturated carbocycles. The predicted octanol–water partition coefficient (Wildman–Crippen LogP) is 3.92. The van der Waals surface area contributed by atoms with Crippen LogP contribution in [0.3, 0.4) is 0 Å². The molecule has 0 amide bonds. The van der Waals surface area contributed by atoms with Gasteiger partial charge in [-0.1, -0.05) is 38.7 Å². The molecule has 6 nitrogen and oxygen atoms in total. The molecule has 2 N–H and O–H groups in total. The van der Waals surface area contributed by atoms with Gasteiger partial charge in [-0.15, -0.1) is 21.5 Å². The molecule has 1 fully saturated rings. The molecule has 0 aliphatic heterocycles. The van der Waals surface area contributed by atoms with Crippen molar-refractivity contribution >= 4 is 17.3 Å². The van der Waals surface area contributed by atoms with E-state index >= 15 is 0 Å². The molecule has 154 valence electrons. The summed E-state index contributed by atoms with van der Waals surface area (Å²) >= 11 is 1.89. The zero-order valence-electron chi connectivity index (χ0n) is 17.5. The second kappa shape index (κ2) is 10.0. The molecule has 2 heterocycles. The van der Waals surface area contributed by atoms with Crippen molar-refractivity contribution in [1.29, 1.82) is 0 Å². The number of rotatable bonds is 8. The van der Waals surface area contributed by atoms with E-state index in [2.05, 4.69) is 45.3 Å². The summed E-state index contributed by atoms with van der Waals surface area (Å²) in [4.78, 5) is 6.32. The van der Waals surface area contributed by atoms with Crippen molar-refractivity contribution in [2.75, 3.05) is 13.1 Å². The van der Waals surface area contributed by atoms with Crippen molar-refractivity contribution in [1.82, 2.24) is 25.4 Å². The third-order valence-electron chi connectivity index (χ3n) is 5.83. The van der Waals surface area contributed by atoms with Crippen LogP contribution < -0.4 is 10.6 Å². The molecular formula is C21H34N6S. The van der Waals surface area contributed by atoms with Gasteiger partial charge in [0.15, 0.2) is 11.8 Å². The van der Waals surface area contributed by atoms with Crippen LogP contribution in [-0.4, -0.2) is 33.8 Å². The third kappa shape index (κ3) is 5.13. The van der Waals surface area contributed by atoms with Gasteiger partial charge in [-0.05, 0) is 37.6 Å². The highest BCUT2D eigenvalue weighted by Crippen LogP contribution is 2.41. The van der Waals surface area contributed by atoms with Gasteiger partial charge in [0.2, 0.25) is 0 Å². The van der Waals surface area contributed by atoms with Crippen LogP contribution in [0.25, 0.3) is 0 Å². The van der Waals surface area contributed by atoms with Gasteiger partial charge in [0.25, 0.3) is 0 Å². The summed E-state index contributed by atoms with van der Waals surface area (Å²) < 4.78 is 2.00. The summed E-state index contributed by atoms with van der Waals surface area (Å²) in [5, 5.41) is 17.7. The number of aromatic nitrogens is 3. The highest BCUT2D eigenvalue weighted by Gasteiger charge is 2.34. The van der Waals surface area contributed by atoms with Crippen LogP contribution in [0, 0.1) is 6.92 Å². The van der Waals surface area contributed by atoms with Gasteiger partial charge in [-0.3, -0.25) is 0 Å². The van der Waals surface area contributed by atoms with Crippen LogP contribution in [0.4, 0.5) is 0 Å². The van der Waals surface area contributed by atoms with Gasteiger partial charge in [0.05, 0.1) is 0 Å². The van der Waals surface area contributed by atoms with Gasteiger partial charge in [0.1, 0.15) is 12.4 Å². The second-order valence-corrected chi connectivity index (χ2v) is 8.79. The number of unbranched alkanes of at least 4 members (excludes halogenated alkanes) is 1. The summed E-state index contributed by atoms with van der Waals surface area (Å²) in [5.74, 6) is 2.69. The van der Waals surface area contributed by atoms with E-state index in [0.717, 1.165) is 37.1 Å². The maximum absolute atomic E-state index is 4.81. The maximum atomic E-state index is 4.81. The van der Waals surface area contributed by atoms with E-state index in [1.54, 1.807) is 0 Å². The Morgan fingerprint density at radius 1 is 1.25 bits per heavy atom. The van der Waals surface area contributed by atoms with Crippen LogP contribution in [0.15, 0.2) is 22.5 Å². The largest absolute Gasteiger partial charge is 0.356 e. The van der Waals surface area contributed by atoms with Gasteiger partial charge in [-0.25, -0.2) is 4.99 Å². The zero-order chi connectivity index (χ0) is 19.8. The number of aliphatic imine (C=N–C) groups is 1. The monoisotopic (exact) mass is 402 g/mol. The lowest BCUT2D eigenvalue weighted by atomic mass is 9.73. The van der Waals surface area contributed by atoms with Crippen molar-refractivity contribution in [2.45, 2.75) is 70.8 Å². The molecule has 1 aliphatic carbocycles. The number of guanidine groups is 1. The Balaban J connectivity index is 1.70. The van der Waals surface area contributed by atoms with Crippen molar-refractivity contribution in [2.24, 2.45) is 12.0 Å². The Kier molecular flexibility index (Phi) is 7.48. The fourth-order valence-corrected chi connectivity index (χ4v) is 4.86. The van der Waals surface area contributed by atoms with E-state index < -0.39 is 0 Å². The van der Waals surface area contributed by atoms with E-state index in [-0.39, 0.29) is 5.41 Å². The molecule has 7 heteroatoms. The average molecular weight is 403 g/mol. The minimum atomic E-state index is 0.237. The summed E-state index contributed by atoms with van der Waals surface area (Å²) in [5.41, 5.74) is 0.237. The van der Waals surface area contributed by atoms with Gasteiger partial charge >= 0.3 is 0 Å². The fourth-order valence-electron chi connectivity index (χ4n) is 3.87. The van der Waals surface area contributed by atoms with E-state index in [9.17, 15) is 0 Å². The van der Waals surface area contributed by atoms with Crippen LogP contribution in [-0.2, 0) is 19.0 Å². The van der Waals surface area contributed by atoms with Crippen LogP contribution >= 0.6 is 11.3 Å². The number of hydrogen-bond donors (Lipinski definition) is 2. The SMILES string of the molecule is CCCCNC(=NCc1nnc(C)n1C)NCC1(c2cccs2)CCCCC1. The molecule has 0 atom stereocenters. The number of thiophene rings is 1. The first kappa shape index (κ1) is 20.8. The second-order valence-electron chi connectivity index (χ2n) is 7.84. The maximum Gasteiger partial charge on any atom is 0.191 e. The standard InChI is InChI=1S/C21H34N6S/c1-4-5-13-22-20(23-15-19-26-25-17(2)27(19)3)24-16-21(11-7-6-8-12-21)18-10-9-14-28-18/h9-10,14H,4-8,11-13,15-16H2,1-3H3,(H2,22,23,24). The molecule has 2 aromatic heterocycles. The molecule has 0 aromatic carbocycles. The number of aryl methyl sites for hydroxylation is 1. The lowest BCUT2D eigenvalue weighted by Gasteiger charge is -2.37. The molecule has 0 saturated heterocycles. The minimum absolute atomic E-state index is 0.237. The molecular weight excluding hydrogens is 368 g/mol. The molecule has 0 bridgehead atoms. The highest BCUT2D eigenvalue weighted by molar-refractivity contribution is 7.10.